The monoisotopic (exact) mass is 363 g/mol. The molecule has 0 saturated carbocycles. The van der Waals surface area contributed by atoms with Crippen molar-refractivity contribution in [3.63, 3.8) is 0 Å². The first-order valence-electron chi connectivity index (χ1n) is 5.71. The Morgan fingerprint density at radius 2 is 1.85 bits per heavy atom. The molecule has 0 radical (unpaired) electrons. The van der Waals surface area contributed by atoms with Gasteiger partial charge in [0.2, 0.25) is 0 Å². The molecule has 1 N–H and O–H groups in total. The van der Waals surface area contributed by atoms with Gasteiger partial charge in [-0.05, 0) is 51.8 Å². The van der Waals surface area contributed by atoms with Crippen LogP contribution in [0, 0.1) is 0 Å². The SMILES string of the molecule is FC(F)(F)c1cccc(CNc2ccc(Br)c(Cl)c2)c1. The third-order valence-corrected chi connectivity index (χ3v) is 3.90. The number of benzene rings is 2. The van der Waals surface area contributed by atoms with Gasteiger partial charge in [0.15, 0.2) is 0 Å². The Morgan fingerprint density at radius 1 is 1.10 bits per heavy atom. The number of anilines is 1. The molecule has 0 aromatic heterocycles. The molecule has 20 heavy (non-hydrogen) atoms. The van der Waals surface area contributed by atoms with Crippen LogP contribution in [0.25, 0.3) is 0 Å². The van der Waals surface area contributed by atoms with Gasteiger partial charge in [-0.2, -0.15) is 13.2 Å². The van der Waals surface area contributed by atoms with Crippen LogP contribution >= 0.6 is 27.5 Å². The molecule has 0 saturated heterocycles. The van der Waals surface area contributed by atoms with Gasteiger partial charge in [-0.15, -0.1) is 0 Å². The Labute approximate surface area is 127 Å². The molecule has 0 fully saturated rings. The molecule has 2 aromatic carbocycles. The van der Waals surface area contributed by atoms with E-state index in [9.17, 15) is 13.2 Å². The largest absolute Gasteiger partial charge is 0.416 e. The molecule has 2 aromatic rings. The van der Waals surface area contributed by atoms with Crippen LogP contribution in [0.3, 0.4) is 0 Å². The second-order valence-corrected chi connectivity index (χ2v) is 5.44. The smallest absolute Gasteiger partial charge is 0.381 e. The number of alkyl halides is 3. The van der Waals surface area contributed by atoms with E-state index in [0.717, 1.165) is 22.3 Å². The van der Waals surface area contributed by atoms with Crippen molar-refractivity contribution in [2.45, 2.75) is 12.7 Å². The minimum Gasteiger partial charge on any atom is -0.381 e. The lowest BCUT2D eigenvalue weighted by Gasteiger charge is -2.10. The molecule has 1 nitrogen and oxygen atoms in total. The summed E-state index contributed by atoms with van der Waals surface area (Å²) < 4.78 is 38.5. The van der Waals surface area contributed by atoms with E-state index in [1.54, 1.807) is 24.3 Å². The molecule has 0 aliphatic heterocycles. The van der Waals surface area contributed by atoms with Gasteiger partial charge in [-0.1, -0.05) is 23.7 Å². The van der Waals surface area contributed by atoms with E-state index in [2.05, 4.69) is 21.2 Å². The van der Waals surface area contributed by atoms with Crippen molar-refractivity contribution >= 4 is 33.2 Å². The molecule has 0 amide bonds. The molecule has 0 bridgehead atoms. The zero-order valence-corrected chi connectivity index (χ0v) is 12.5. The number of rotatable bonds is 3. The quantitative estimate of drug-likeness (QED) is 0.733. The summed E-state index contributed by atoms with van der Waals surface area (Å²) in [7, 11) is 0. The summed E-state index contributed by atoms with van der Waals surface area (Å²) in [6, 6.07) is 10.5. The van der Waals surface area contributed by atoms with Crippen LogP contribution in [-0.4, -0.2) is 0 Å². The van der Waals surface area contributed by atoms with Crippen LogP contribution in [0.5, 0.6) is 0 Å². The second kappa shape index (κ2) is 6.06. The van der Waals surface area contributed by atoms with Gasteiger partial charge in [-0.3, -0.25) is 0 Å². The highest BCUT2D eigenvalue weighted by atomic mass is 79.9. The van der Waals surface area contributed by atoms with Crippen molar-refractivity contribution in [1.29, 1.82) is 0 Å². The molecule has 0 spiro atoms. The van der Waals surface area contributed by atoms with Crippen molar-refractivity contribution in [3.05, 3.63) is 63.1 Å². The summed E-state index contributed by atoms with van der Waals surface area (Å²) in [6.45, 7) is 0.294. The lowest BCUT2D eigenvalue weighted by atomic mass is 10.1. The van der Waals surface area contributed by atoms with Crippen molar-refractivity contribution in [2.24, 2.45) is 0 Å². The molecule has 0 heterocycles. The molecule has 2 rings (SSSR count). The predicted octanol–water partition coefficient (Wildman–Crippen LogP) is 5.73. The van der Waals surface area contributed by atoms with Crippen molar-refractivity contribution in [1.82, 2.24) is 0 Å². The molecule has 0 unspecified atom stereocenters. The van der Waals surface area contributed by atoms with Gasteiger partial charge in [-0.25, -0.2) is 0 Å². The highest BCUT2D eigenvalue weighted by Gasteiger charge is 2.30. The zero-order valence-electron chi connectivity index (χ0n) is 10.1. The molecule has 0 aliphatic rings. The first-order chi connectivity index (χ1) is 9.36. The Bertz CT molecular complexity index is 614. The first kappa shape index (κ1) is 15.2. The van der Waals surface area contributed by atoms with Crippen LogP contribution in [0.1, 0.15) is 11.1 Å². The number of halogens is 5. The van der Waals surface area contributed by atoms with Crippen molar-refractivity contribution < 1.29 is 13.2 Å². The van der Waals surface area contributed by atoms with Gasteiger partial charge in [0.1, 0.15) is 0 Å². The Kier molecular flexibility index (Phi) is 4.60. The fourth-order valence-corrected chi connectivity index (χ4v) is 2.10. The van der Waals surface area contributed by atoms with E-state index in [1.165, 1.54) is 6.07 Å². The number of hydrogen-bond donors (Lipinski definition) is 1. The Morgan fingerprint density at radius 3 is 2.50 bits per heavy atom. The van der Waals surface area contributed by atoms with E-state index in [4.69, 9.17) is 11.6 Å². The molecule has 0 atom stereocenters. The normalized spacial score (nSPS) is 11.4. The number of hydrogen-bond acceptors (Lipinski definition) is 1. The highest BCUT2D eigenvalue weighted by Crippen LogP contribution is 2.30. The molecular weight excluding hydrogens is 355 g/mol. The maximum absolute atomic E-state index is 12.6. The van der Waals surface area contributed by atoms with Crippen LogP contribution in [0.4, 0.5) is 18.9 Å². The lowest BCUT2D eigenvalue weighted by Crippen LogP contribution is -2.06. The van der Waals surface area contributed by atoms with Crippen LogP contribution < -0.4 is 5.32 Å². The summed E-state index contributed by atoms with van der Waals surface area (Å²) in [5.41, 5.74) is 0.653. The van der Waals surface area contributed by atoms with E-state index in [1.807, 2.05) is 0 Å². The lowest BCUT2D eigenvalue weighted by molar-refractivity contribution is -0.137. The van der Waals surface area contributed by atoms with E-state index in [-0.39, 0.29) is 0 Å². The van der Waals surface area contributed by atoms with Gasteiger partial charge in [0, 0.05) is 16.7 Å². The third kappa shape index (κ3) is 3.90. The maximum Gasteiger partial charge on any atom is 0.416 e. The average molecular weight is 365 g/mol. The van der Waals surface area contributed by atoms with Crippen molar-refractivity contribution in [3.8, 4) is 0 Å². The van der Waals surface area contributed by atoms with Crippen molar-refractivity contribution in [2.75, 3.05) is 5.32 Å². The van der Waals surface area contributed by atoms with Crippen LogP contribution in [0.15, 0.2) is 46.9 Å². The zero-order chi connectivity index (χ0) is 14.8. The predicted molar refractivity (Wildman–Crippen MR) is 77.9 cm³/mol. The van der Waals surface area contributed by atoms with Gasteiger partial charge in [0.05, 0.1) is 10.6 Å². The van der Waals surface area contributed by atoms with Crippen LogP contribution in [-0.2, 0) is 12.7 Å². The summed E-state index contributed by atoms with van der Waals surface area (Å²) in [4.78, 5) is 0. The number of nitrogens with one attached hydrogen (secondary N) is 1. The summed E-state index contributed by atoms with van der Waals surface area (Å²) in [6.07, 6.45) is -4.32. The minimum atomic E-state index is -4.32. The average Bonchev–Trinajstić information content (AvgIpc) is 2.39. The van der Waals surface area contributed by atoms with E-state index < -0.39 is 11.7 Å². The molecule has 6 heteroatoms. The first-order valence-corrected chi connectivity index (χ1v) is 6.88. The fraction of sp³-hybridized carbons (Fsp3) is 0.143. The molecular formula is C14H10BrClF3N. The standard InChI is InChI=1S/C14H10BrClF3N/c15-12-5-4-11(7-13(12)16)20-8-9-2-1-3-10(6-9)14(17,18)19/h1-7,20H,8H2. The minimum absolute atomic E-state index is 0.294. The topological polar surface area (TPSA) is 12.0 Å². The summed E-state index contributed by atoms with van der Waals surface area (Å²) >= 11 is 9.22. The maximum atomic E-state index is 12.6. The fourth-order valence-electron chi connectivity index (χ4n) is 1.67. The van der Waals surface area contributed by atoms with E-state index in [0.29, 0.717) is 17.1 Å². The molecule has 106 valence electrons. The summed E-state index contributed by atoms with van der Waals surface area (Å²) in [5.74, 6) is 0. The molecule has 0 aliphatic carbocycles. The second-order valence-electron chi connectivity index (χ2n) is 4.18. The van der Waals surface area contributed by atoms with Crippen LogP contribution in [0.2, 0.25) is 5.02 Å². The Hall–Kier alpha value is -1.20. The Balaban J connectivity index is 2.09. The summed E-state index contributed by atoms with van der Waals surface area (Å²) in [5, 5.41) is 3.58. The van der Waals surface area contributed by atoms with Gasteiger partial charge < -0.3 is 5.32 Å². The van der Waals surface area contributed by atoms with Gasteiger partial charge in [0.25, 0.3) is 0 Å². The highest BCUT2D eigenvalue weighted by molar-refractivity contribution is 9.10. The third-order valence-electron chi connectivity index (χ3n) is 2.67. The van der Waals surface area contributed by atoms with E-state index >= 15 is 0 Å². The van der Waals surface area contributed by atoms with Gasteiger partial charge >= 0.3 is 6.18 Å².